The molecule has 1 aromatic rings. The molecule has 3 unspecified atom stereocenters. The van der Waals surface area contributed by atoms with Crippen molar-refractivity contribution in [3.05, 3.63) is 34.9 Å². The van der Waals surface area contributed by atoms with Crippen molar-refractivity contribution < 1.29 is 14.4 Å². The molecule has 5 rings (SSSR count). The fraction of sp³-hybridized carbons (Fsp3) is 0.609. The number of piperidine rings is 2. The molecule has 3 saturated heterocycles. The molecule has 4 heterocycles. The minimum Gasteiger partial charge on any atom is -0.322 e. The van der Waals surface area contributed by atoms with E-state index in [0.717, 1.165) is 42.7 Å². The SMILES string of the molecule is CN1CCC(NCc2cccc3c2C(=O)N(C2CCC(=O)NC2=O)C3)C12CCCNC2. The molecule has 4 aliphatic rings. The van der Waals surface area contributed by atoms with Gasteiger partial charge in [-0.25, -0.2) is 0 Å². The van der Waals surface area contributed by atoms with E-state index in [0.29, 0.717) is 25.6 Å². The van der Waals surface area contributed by atoms with E-state index >= 15 is 0 Å². The lowest BCUT2D eigenvalue weighted by Crippen LogP contribution is -2.61. The topological polar surface area (TPSA) is 93.8 Å². The Balaban J connectivity index is 1.32. The summed E-state index contributed by atoms with van der Waals surface area (Å²) in [5.74, 6) is -0.722. The van der Waals surface area contributed by atoms with Crippen LogP contribution in [0.2, 0.25) is 0 Å². The Morgan fingerprint density at radius 3 is 2.87 bits per heavy atom. The molecule has 31 heavy (non-hydrogen) atoms. The van der Waals surface area contributed by atoms with Crippen molar-refractivity contribution in [1.29, 1.82) is 0 Å². The largest absolute Gasteiger partial charge is 0.322 e. The lowest BCUT2D eigenvalue weighted by atomic mass is 9.83. The van der Waals surface area contributed by atoms with Gasteiger partial charge in [0.25, 0.3) is 5.91 Å². The molecule has 0 aliphatic carbocycles. The van der Waals surface area contributed by atoms with Crippen LogP contribution in [0, 0.1) is 0 Å². The normalized spacial score (nSPS) is 31.4. The number of hydrogen-bond donors (Lipinski definition) is 3. The van der Waals surface area contributed by atoms with E-state index in [2.05, 4.69) is 27.9 Å². The predicted octanol–water partition coefficient (Wildman–Crippen LogP) is 0.364. The number of nitrogens with zero attached hydrogens (tertiary/aromatic N) is 2. The van der Waals surface area contributed by atoms with Crippen LogP contribution in [0.5, 0.6) is 0 Å². The summed E-state index contributed by atoms with van der Waals surface area (Å²) in [6.07, 6.45) is 4.13. The quantitative estimate of drug-likeness (QED) is 0.604. The van der Waals surface area contributed by atoms with Gasteiger partial charge in [-0.05, 0) is 50.4 Å². The maximum absolute atomic E-state index is 13.3. The zero-order valence-electron chi connectivity index (χ0n) is 18.1. The van der Waals surface area contributed by atoms with Gasteiger partial charge < -0.3 is 15.5 Å². The first-order valence-corrected chi connectivity index (χ1v) is 11.4. The zero-order valence-corrected chi connectivity index (χ0v) is 18.1. The van der Waals surface area contributed by atoms with E-state index in [4.69, 9.17) is 0 Å². The van der Waals surface area contributed by atoms with Crippen molar-refractivity contribution >= 4 is 17.7 Å². The molecule has 3 N–H and O–H groups in total. The molecule has 1 aromatic carbocycles. The van der Waals surface area contributed by atoms with Crippen LogP contribution >= 0.6 is 0 Å². The smallest absolute Gasteiger partial charge is 0.255 e. The number of imide groups is 1. The number of likely N-dealkylation sites (N-methyl/N-ethyl adjacent to an activating group) is 1. The molecule has 8 heteroatoms. The number of carbonyl (C=O) groups is 3. The van der Waals surface area contributed by atoms with Gasteiger partial charge in [-0.2, -0.15) is 0 Å². The van der Waals surface area contributed by atoms with Crippen LogP contribution in [0.4, 0.5) is 0 Å². The van der Waals surface area contributed by atoms with Gasteiger partial charge in [0.05, 0.1) is 0 Å². The Morgan fingerprint density at radius 2 is 2.10 bits per heavy atom. The number of hydrogen-bond acceptors (Lipinski definition) is 6. The fourth-order valence-electron chi connectivity index (χ4n) is 5.98. The van der Waals surface area contributed by atoms with E-state index in [9.17, 15) is 14.4 Å². The molecule has 3 atom stereocenters. The maximum Gasteiger partial charge on any atom is 0.255 e. The fourth-order valence-corrected chi connectivity index (χ4v) is 5.98. The standard InChI is InChI=1S/C23H31N5O3/c1-27-11-8-18(23(27)9-3-10-24-14-23)25-12-15-4-2-5-16-13-28(22(31)20(15)16)17-6-7-19(29)26-21(17)30/h2,4-5,17-18,24-25H,3,6-14H2,1H3,(H,26,29,30). The average Bonchev–Trinajstić information content (AvgIpc) is 3.25. The highest BCUT2D eigenvalue weighted by molar-refractivity contribution is 6.05. The van der Waals surface area contributed by atoms with Crippen LogP contribution in [0.25, 0.3) is 0 Å². The molecule has 3 fully saturated rings. The first-order chi connectivity index (χ1) is 15.0. The molecule has 4 aliphatic heterocycles. The predicted molar refractivity (Wildman–Crippen MR) is 115 cm³/mol. The second kappa shape index (κ2) is 8.00. The summed E-state index contributed by atoms with van der Waals surface area (Å²) in [6.45, 7) is 4.22. The number of carbonyl (C=O) groups excluding carboxylic acids is 3. The minimum absolute atomic E-state index is 0.0977. The molecule has 3 amide bonds. The van der Waals surface area contributed by atoms with Crippen molar-refractivity contribution in [2.75, 3.05) is 26.7 Å². The summed E-state index contributed by atoms with van der Waals surface area (Å²) < 4.78 is 0. The molecule has 166 valence electrons. The van der Waals surface area contributed by atoms with E-state index in [1.807, 2.05) is 18.2 Å². The van der Waals surface area contributed by atoms with Crippen LogP contribution in [-0.4, -0.2) is 71.8 Å². The Kier molecular flexibility index (Phi) is 5.32. The van der Waals surface area contributed by atoms with Crippen LogP contribution in [-0.2, 0) is 22.7 Å². The first-order valence-electron chi connectivity index (χ1n) is 11.4. The van der Waals surface area contributed by atoms with Crippen molar-refractivity contribution in [2.24, 2.45) is 0 Å². The van der Waals surface area contributed by atoms with Crippen molar-refractivity contribution in [1.82, 2.24) is 25.8 Å². The highest BCUT2D eigenvalue weighted by Gasteiger charge is 2.47. The zero-order chi connectivity index (χ0) is 21.6. The Morgan fingerprint density at radius 1 is 1.23 bits per heavy atom. The van der Waals surface area contributed by atoms with E-state index in [-0.39, 0.29) is 29.7 Å². The lowest BCUT2D eigenvalue weighted by Gasteiger charge is -2.44. The van der Waals surface area contributed by atoms with Gasteiger partial charge in [-0.1, -0.05) is 18.2 Å². The summed E-state index contributed by atoms with van der Waals surface area (Å²) in [5.41, 5.74) is 2.82. The summed E-state index contributed by atoms with van der Waals surface area (Å²) in [4.78, 5) is 41.2. The van der Waals surface area contributed by atoms with Crippen molar-refractivity contribution in [3.8, 4) is 0 Å². The maximum atomic E-state index is 13.3. The number of benzene rings is 1. The minimum atomic E-state index is -0.571. The number of amides is 3. The van der Waals surface area contributed by atoms with E-state index in [1.54, 1.807) is 4.90 Å². The van der Waals surface area contributed by atoms with Gasteiger partial charge in [0.1, 0.15) is 6.04 Å². The molecule has 8 nitrogen and oxygen atoms in total. The van der Waals surface area contributed by atoms with Crippen LogP contribution in [0.3, 0.4) is 0 Å². The third-order valence-corrected chi connectivity index (χ3v) is 7.73. The summed E-state index contributed by atoms with van der Waals surface area (Å²) in [6, 6.07) is 5.79. The number of nitrogens with one attached hydrogen (secondary N) is 3. The average molecular weight is 426 g/mol. The number of likely N-dealkylation sites (tertiary alicyclic amines) is 1. The Labute approximate surface area is 182 Å². The van der Waals surface area contributed by atoms with Gasteiger partial charge >= 0.3 is 0 Å². The van der Waals surface area contributed by atoms with E-state index in [1.165, 1.54) is 12.8 Å². The Bertz CT molecular complexity index is 910. The number of fused-ring (bicyclic) bond motifs is 1. The molecular formula is C23H31N5O3. The summed E-state index contributed by atoms with van der Waals surface area (Å²) >= 11 is 0. The molecule has 1 spiro atoms. The van der Waals surface area contributed by atoms with Crippen LogP contribution in [0.15, 0.2) is 18.2 Å². The summed E-state index contributed by atoms with van der Waals surface area (Å²) in [5, 5.41) is 9.71. The van der Waals surface area contributed by atoms with Crippen LogP contribution < -0.4 is 16.0 Å². The van der Waals surface area contributed by atoms with Crippen LogP contribution in [0.1, 0.15) is 53.6 Å². The molecule has 0 bridgehead atoms. The first kappa shape index (κ1) is 20.6. The second-order valence-electron chi connectivity index (χ2n) is 9.38. The van der Waals surface area contributed by atoms with Crippen molar-refractivity contribution in [2.45, 2.75) is 62.8 Å². The van der Waals surface area contributed by atoms with Gasteiger partial charge in [0, 0.05) is 49.7 Å². The lowest BCUT2D eigenvalue weighted by molar-refractivity contribution is -0.136. The molecular weight excluding hydrogens is 394 g/mol. The monoisotopic (exact) mass is 425 g/mol. The third-order valence-electron chi connectivity index (χ3n) is 7.73. The Hall–Kier alpha value is -2.29. The highest BCUT2D eigenvalue weighted by atomic mass is 16.2. The number of rotatable bonds is 4. The summed E-state index contributed by atoms with van der Waals surface area (Å²) in [7, 11) is 2.22. The van der Waals surface area contributed by atoms with E-state index < -0.39 is 6.04 Å². The van der Waals surface area contributed by atoms with Gasteiger partial charge in [-0.15, -0.1) is 0 Å². The molecule has 0 radical (unpaired) electrons. The van der Waals surface area contributed by atoms with Gasteiger partial charge in [0.2, 0.25) is 11.8 Å². The third kappa shape index (κ3) is 3.46. The molecule has 0 saturated carbocycles. The molecule has 0 aromatic heterocycles. The van der Waals surface area contributed by atoms with Crippen molar-refractivity contribution in [3.63, 3.8) is 0 Å². The van der Waals surface area contributed by atoms with Gasteiger partial charge in [0.15, 0.2) is 0 Å². The van der Waals surface area contributed by atoms with Gasteiger partial charge in [-0.3, -0.25) is 24.6 Å². The highest BCUT2D eigenvalue weighted by Crippen LogP contribution is 2.35. The second-order valence-corrected chi connectivity index (χ2v) is 9.38.